The molecular weight excluding hydrogens is 475 g/mol. The molecule has 1 N–H and O–H groups in total. The Bertz CT molecular complexity index is 1260. The number of hydrogen-bond donors (Lipinski definition) is 1. The van der Waals surface area contributed by atoms with Crippen molar-refractivity contribution in [3.63, 3.8) is 0 Å². The standard InChI is InChI=1S/C21H12Cl2N4O4S/c22-15-2-1-3-16(19(15)23)25-21-26-20(28)17(32-21)10-12-4-7-14(8-5-12)31-18-9-6-13(11-24-18)27(29)30/h1-11H,(H,25,26,28)/b17-10-. The van der Waals surface area contributed by atoms with Crippen molar-refractivity contribution >= 4 is 63.5 Å². The van der Waals surface area contributed by atoms with Crippen molar-refractivity contribution in [2.45, 2.75) is 0 Å². The lowest BCUT2D eigenvalue weighted by Crippen LogP contribution is -2.19. The number of carbonyl (C=O) groups excluding carboxylic acids is 1. The van der Waals surface area contributed by atoms with Gasteiger partial charge in [-0.3, -0.25) is 14.9 Å². The fourth-order valence-corrected chi connectivity index (χ4v) is 3.79. The number of amides is 1. The van der Waals surface area contributed by atoms with E-state index in [1.807, 2.05) is 0 Å². The normalized spacial score (nSPS) is 15.8. The average Bonchev–Trinajstić information content (AvgIpc) is 3.12. The van der Waals surface area contributed by atoms with Crippen LogP contribution >= 0.6 is 35.0 Å². The molecule has 11 heteroatoms. The Morgan fingerprint density at radius 2 is 1.91 bits per heavy atom. The minimum Gasteiger partial charge on any atom is -0.439 e. The third kappa shape index (κ3) is 5.08. The minimum atomic E-state index is -0.532. The highest BCUT2D eigenvalue weighted by Gasteiger charge is 2.24. The molecule has 3 aromatic rings. The van der Waals surface area contributed by atoms with Crippen LogP contribution in [0, 0.1) is 10.1 Å². The van der Waals surface area contributed by atoms with E-state index in [4.69, 9.17) is 27.9 Å². The Balaban J connectivity index is 1.45. The summed E-state index contributed by atoms with van der Waals surface area (Å²) in [4.78, 5) is 31.2. The molecule has 0 aliphatic carbocycles. The van der Waals surface area contributed by atoms with Crippen molar-refractivity contribution in [1.82, 2.24) is 10.3 Å². The molecule has 32 heavy (non-hydrogen) atoms. The zero-order chi connectivity index (χ0) is 22.7. The molecule has 160 valence electrons. The molecule has 0 atom stereocenters. The largest absolute Gasteiger partial charge is 0.439 e. The second-order valence-electron chi connectivity index (χ2n) is 6.34. The van der Waals surface area contributed by atoms with Gasteiger partial charge in [-0.15, -0.1) is 0 Å². The molecule has 0 radical (unpaired) electrons. The van der Waals surface area contributed by atoms with Crippen LogP contribution in [0.5, 0.6) is 11.6 Å². The summed E-state index contributed by atoms with van der Waals surface area (Å²) in [5, 5.41) is 14.5. The molecule has 1 saturated heterocycles. The predicted molar refractivity (Wildman–Crippen MR) is 125 cm³/mol. The smallest absolute Gasteiger partial charge is 0.287 e. The van der Waals surface area contributed by atoms with Gasteiger partial charge in [0.2, 0.25) is 5.88 Å². The van der Waals surface area contributed by atoms with Gasteiger partial charge in [-0.1, -0.05) is 41.4 Å². The number of nitro groups is 1. The number of halogens is 2. The highest BCUT2D eigenvalue weighted by Crippen LogP contribution is 2.34. The fraction of sp³-hybridized carbons (Fsp3) is 0. The zero-order valence-electron chi connectivity index (χ0n) is 16.0. The molecular formula is C21H12Cl2N4O4S. The monoisotopic (exact) mass is 486 g/mol. The Morgan fingerprint density at radius 3 is 2.59 bits per heavy atom. The van der Waals surface area contributed by atoms with E-state index in [0.29, 0.717) is 31.6 Å². The third-order valence-corrected chi connectivity index (χ3v) is 5.85. The Labute approximate surface area is 196 Å². The molecule has 0 spiro atoms. The van der Waals surface area contributed by atoms with Gasteiger partial charge in [0.1, 0.15) is 11.9 Å². The first kappa shape index (κ1) is 21.8. The number of hydrogen-bond acceptors (Lipinski definition) is 7. The van der Waals surface area contributed by atoms with Gasteiger partial charge in [0, 0.05) is 12.1 Å². The summed E-state index contributed by atoms with van der Waals surface area (Å²) < 4.78 is 5.58. The number of ether oxygens (including phenoxy) is 1. The molecule has 0 bridgehead atoms. The lowest BCUT2D eigenvalue weighted by atomic mass is 10.2. The summed E-state index contributed by atoms with van der Waals surface area (Å²) >= 11 is 13.3. The second kappa shape index (κ2) is 9.39. The van der Waals surface area contributed by atoms with Gasteiger partial charge >= 0.3 is 0 Å². The number of benzene rings is 2. The Kier molecular flexibility index (Phi) is 6.40. The Hall–Kier alpha value is -3.40. The molecule has 1 aliphatic heterocycles. The van der Waals surface area contributed by atoms with Gasteiger partial charge < -0.3 is 10.1 Å². The van der Waals surface area contributed by atoms with E-state index in [1.165, 1.54) is 23.9 Å². The van der Waals surface area contributed by atoms with Crippen LogP contribution in [0.3, 0.4) is 0 Å². The molecule has 2 heterocycles. The maximum absolute atomic E-state index is 12.3. The summed E-state index contributed by atoms with van der Waals surface area (Å²) in [6, 6.07) is 14.8. The van der Waals surface area contributed by atoms with Gasteiger partial charge in [0.25, 0.3) is 11.6 Å². The first-order chi connectivity index (χ1) is 15.4. The maximum Gasteiger partial charge on any atom is 0.287 e. The van der Waals surface area contributed by atoms with E-state index < -0.39 is 4.92 Å². The fourth-order valence-electron chi connectivity index (χ4n) is 2.61. The highest BCUT2D eigenvalue weighted by molar-refractivity contribution is 8.18. The topological polar surface area (TPSA) is 107 Å². The van der Waals surface area contributed by atoms with Crippen LogP contribution in [0.2, 0.25) is 10.0 Å². The molecule has 1 aliphatic rings. The first-order valence-electron chi connectivity index (χ1n) is 9.01. The van der Waals surface area contributed by atoms with Crippen molar-refractivity contribution in [2.75, 3.05) is 0 Å². The van der Waals surface area contributed by atoms with Crippen LogP contribution in [0.4, 0.5) is 11.4 Å². The van der Waals surface area contributed by atoms with Crippen LogP contribution in [-0.4, -0.2) is 21.0 Å². The van der Waals surface area contributed by atoms with Crippen LogP contribution in [0.15, 0.2) is 70.7 Å². The van der Waals surface area contributed by atoms with Crippen molar-refractivity contribution in [1.29, 1.82) is 0 Å². The maximum atomic E-state index is 12.3. The Morgan fingerprint density at radius 1 is 1.12 bits per heavy atom. The lowest BCUT2D eigenvalue weighted by molar-refractivity contribution is -0.385. The van der Waals surface area contributed by atoms with Gasteiger partial charge in [0.15, 0.2) is 5.17 Å². The van der Waals surface area contributed by atoms with Gasteiger partial charge in [-0.05, 0) is 47.7 Å². The third-order valence-electron chi connectivity index (χ3n) is 4.14. The van der Waals surface area contributed by atoms with E-state index in [9.17, 15) is 14.9 Å². The zero-order valence-corrected chi connectivity index (χ0v) is 18.3. The molecule has 1 fully saturated rings. The van der Waals surface area contributed by atoms with Crippen molar-refractivity contribution in [2.24, 2.45) is 4.99 Å². The SMILES string of the molecule is O=C1NC(=Nc2cccc(Cl)c2Cl)S/C1=C\c1ccc(Oc2ccc([N+](=O)[O-])cn2)cc1. The van der Waals surface area contributed by atoms with Gasteiger partial charge in [-0.25, -0.2) is 9.98 Å². The van der Waals surface area contributed by atoms with E-state index in [0.717, 1.165) is 11.8 Å². The van der Waals surface area contributed by atoms with Crippen molar-refractivity contribution in [3.05, 3.63) is 91.4 Å². The number of pyridine rings is 1. The van der Waals surface area contributed by atoms with Gasteiger partial charge in [-0.2, -0.15) is 0 Å². The van der Waals surface area contributed by atoms with E-state index in [1.54, 1.807) is 48.5 Å². The quantitative estimate of drug-likeness (QED) is 0.270. The summed E-state index contributed by atoms with van der Waals surface area (Å²) in [6.45, 7) is 0. The number of rotatable bonds is 5. The number of carbonyl (C=O) groups is 1. The summed E-state index contributed by atoms with van der Waals surface area (Å²) in [5.41, 5.74) is 1.12. The van der Waals surface area contributed by atoms with E-state index in [-0.39, 0.29) is 17.5 Å². The lowest BCUT2D eigenvalue weighted by Gasteiger charge is -2.04. The van der Waals surface area contributed by atoms with E-state index >= 15 is 0 Å². The number of amidine groups is 1. The summed E-state index contributed by atoms with van der Waals surface area (Å²) in [6.07, 6.45) is 2.84. The number of aliphatic imine (C=N–C) groups is 1. The van der Waals surface area contributed by atoms with Crippen molar-refractivity contribution < 1.29 is 14.5 Å². The first-order valence-corrected chi connectivity index (χ1v) is 10.6. The summed E-state index contributed by atoms with van der Waals surface area (Å²) in [5.74, 6) is 0.449. The molecule has 2 aromatic carbocycles. The van der Waals surface area contributed by atoms with Crippen LogP contribution < -0.4 is 10.1 Å². The summed E-state index contributed by atoms with van der Waals surface area (Å²) in [7, 11) is 0. The van der Waals surface area contributed by atoms with Crippen LogP contribution in [0.25, 0.3) is 6.08 Å². The molecule has 0 saturated carbocycles. The predicted octanol–water partition coefficient (Wildman–Crippen LogP) is 5.98. The van der Waals surface area contributed by atoms with Gasteiger partial charge in [0.05, 0.1) is 25.6 Å². The molecule has 0 unspecified atom stereocenters. The minimum absolute atomic E-state index is 0.118. The number of nitrogens with zero attached hydrogens (tertiary/aromatic N) is 3. The second-order valence-corrected chi connectivity index (χ2v) is 8.15. The number of aromatic nitrogens is 1. The van der Waals surface area contributed by atoms with Crippen LogP contribution in [0.1, 0.15) is 5.56 Å². The molecule has 4 rings (SSSR count). The molecule has 1 amide bonds. The highest BCUT2D eigenvalue weighted by atomic mass is 35.5. The molecule has 1 aromatic heterocycles. The number of nitrogens with one attached hydrogen (secondary N) is 1. The molecule has 8 nitrogen and oxygen atoms in total. The number of thioether (sulfide) groups is 1. The van der Waals surface area contributed by atoms with Crippen LogP contribution in [-0.2, 0) is 4.79 Å². The van der Waals surface area contributed by atoms with Crippen molar-refractivity contribution in [3.8, 4) is 11.6 Å². The van der Waals surface area contributed by atoms with E-state index in [2.05, 4.69) is 15.3 Å². The average molecular weight is 487 g/mol.